The molecule has 0 aromatic rings. The van der Waals surface area contributed by atoms with Crippen LogP contribution in [0.5, 0.6) is 0 Å². The Kier molecular flexibility index (Phi) is 28.0. The summed E-state index contributed by atoms with van der Waals surface area (Å²) < 4.78 is 10.1. The van der Waals surface area contributed by atoms with Crippen molar-refractivity contribution in [1.82, 2.24) is 0 Å². The van der Waals surface area contributed by atoms with E-state index in [0.717, 1.165) is 0 Å². The third-order valence-electron chi connectivity index (χ3n) is 1.25. The Morgan fingerprint density at radius 1 is 0.842 bits per heavy atom. The molecule has 0 aliphatic carbocycles. The Morgan fingerprint density at radius 3 is 1.16 bits per heavy atom. The second-order valence-electron chi connectivity index (χ2n) is 2.42. The zero-order valence-corrected chi connectivity index (χ0v) is 20.2. The fourth-order valence-corrected chi connectivity index (χ4v) is 0.684. The molecule has 0 amide bonds. The molecule has 0 unspecified atom stereocenters. The predicted molar refractivity (Wildman–Crippen MR) is 55.1 cm³/mol. The van der Waals surface area contributed by atoms with E-state index in [2.05, 4.69) is 11.0 Å². The summed E-state index contributed by atoms with van der Waals surface area (Å²) in [5, 5.41) is 38.9. The van der Waals surface area contributed by atoms with Crippen molar-refractivity contribution in [1.29, 1.82) is 0 Å². The molecule has 0 spiro atoms. The van der Waals surface area contributed by atoms with Crippen LogP contribution in [0.25, 0.3) is 0 Å². The molecule has 0 saturated carbocycles. The first-order chi connectivity index (χ1) is 8.78. The van der Waals surface area contributed by atoms with Crippen molar-refractivity contribution in [2.75, 3.05) is 0 Å². The van der Waals surface area contributed by atoms with Crippen molar-refractivity contribution in [3.63, 3.8) is 0 Å². The van der Waals surface area contributed by atoms with Crippen LogP contribution < -0.4 is 26.4 Å². The number of hydrogen-bond donors (Lipinski definition) is 4. The van der Waals surface area contributed by atoms with Gasteiger partial charge in [0.05, 0.1) is 5.97 Å². The molecule has 0 aliphatic heterocycles. The van der Waals surface area contributed by atoms with Gasteiger partial charge in [-0.3, -0.25) is 0 Å². The summed E-state index contributed by atoms with van der Waals surface area (Å²) in [6.45, 7) is 0. The standard InChI is InChI=1S/C6H8O7.3Bi.3H3N/c7-3(8)1-6(13,5(11)12)2-4(9)10;;;;;;/h13H,1-2H2,(H,7,8)(H,9,10)(H,11,12);;;;3*1H3/q;3*+1;;;/p-3. The monoisotopic (exact) mass is 867 g/mol. The van der Waals surface area contributed by atoms with Crippen LogP contribution in [-0.2, 0) is 14.4 Å². The molecule has 0 heterocycles. The summed E-state index contributed by atoms with van der Waals surface area (Å²) in [6, 6.07) is 0. The molecular weight excluding hydrogens is 853 g/mol. The first kappa shape index (κ1) is 28.1. The van der Waals surface area contributed by atoms with Crippen LogP contribution >= 0.6 is 0 Å². The number of aliphatic carboxylic acids is 3. The van der Waals surface area contributed by atoms with Gasteiger partial charge >= 0.3 is 86.1 Å². The van der Waals surface area contributed by atoms with Gasteiger partial charge in [-0.2, -0.15) is 0 Å². The maximum atomic E-state index is 10.1. The van der Waals surface area contributed by atoms with Gasteiger partial charge in [0.2, 0.25) is 0 Å². The summed E-state index contributed by atoms with van der Waals surface area (Å²) >= 11 is 3.58. The molecule has 10 nitrogen and oxygen atoms in total. The summed E-state index contributed by atoms with van der Waals surface area (Å²) in [6.07, 6.45) is -2.72. The molecule has 0 aromatic carbocycles. The molecule has 13 heteroatoms. The number of rotatable bonds is 5. The molecule has 19 heavy (non-hydrogen) atoms. The molecule has 0 rings (SSSR count). The van der Waals surface area contributed by atoms with E-state index in [9.17, 15) is 29.7 Å². The molecular formula is C6H14Bi3N3O7. The summed E-state index contributed by atoms with van der Waals surface area (Å²) in [5.41, 5.74) is -2.97. The van der Waals surface area contributed by atoms with E-state index in [-0.39, 0.29) is 0 Å². The minimum atomic E-state index is -2.97. The number of aliphatic hydroxyl groups is 1. The van der Waals surface area contributed by atoms with Crippen LogP contribution in [0.15, 0.2) is 0 Å². The predicted octanol–water partition coefficient (Wildman–Crippen LogP) is -10.3. The topological polar surface area (TPSA) is 224 Å². The Balaban J connectivity index is -0.000000163. The second-order valence-corrected chi connectivity index (χ2v) is 2.42. The van der Waals surface area contributed by atoms with E-state index < -0.39 is 36.4 Å². The van der Waals surface area contributed by atoms with Gasteiger partial charge in [-0.1, -0.05) is 0 Å². The Bertz CT molecular complexity index is 250. The van der Waals surface area contributed by atoms with Crippen LogP contribution in [0, 0.1) is 0 Å². The molecule has 0 saturated heterocycles. The van der Waals surface area contributed by atoms with Gasteiger partial charge in [0.15, 0.2) is 0 Å². The van der Waals surface area contributed by atoms with Gasteiger partial charge in [0, 0.05) is 24.8 Å². The van der Waals surface area contributed by atoms with Gasteiger partial charge in [0.1, 0.15) is 5.60 Å². The number of carbonyl (C=O) groups is 3. The molecule has 0 bridgehead atoms. The van der Waals surface area contributed by atoms with Gasteiger partial charge < -0.3 is 34.8 Å². The Morgan fingerprint density at radius 2 is 1.05 bits per heavy atom. The molecule has 0 fully saturated rings. The Labute approximate surface area is 155 Å². The average Bonchev–Trinajstić information content (AvgIpc) is 2.34. The first-order valence-corrected chi connectivity index (χ1v) is 11.4. The number of hydrogen-bond acceptors (Lipinski definition) is 7. The second kappa shape index (κ2) is 18.9. The number of quaternary nitrogens is 3. The minimum absolute atomic E-state index is 1.19. The molecule has 0 atom stereocenters. The fraction of sp³-hybridized carbons (Fsp3) is 0.500. The van der Waals surface area contributed by atoms with Crippen LogP contribution in [0.3, 0.4) is 0 Å². The molecule has 110 valence electrons. The van der Waals surface area contributed by atoms with E-state index in [1.54, 1.807) is 0 Å². The van der Waals surface area contributed by atoms with Crippen molar-refractivity contribution in [3.05, 3.63) is 0 Å². The van der Waals surface area contributed by atoms with Crippen molar-refractivity contribution >= 4 is 92.9 Å². The first-order valence-electron chi connectivity index (χ1n) is 4.06. The van der Waals surface area contributed by atoms with E-state index in [4.69, 9.17) is 5.11 Å². The Hall–Kier alpha value is 0.899. The average molecular weight is 867 g/mol. The van der Waals surface area contributed by atoms with Gasteiger partial charge in [-0.25, -0.2) is 0 Å². The zero-order chi connectivity index (χ0) is 16.6. The third kappa shape index (κ3) is 18.9. The van der Waals surface area contributed by atoms with E-state index >= 15 is 0 Å². The van der Waals surface area contributed by atoms with Gasteiger partial charge in [-0.05, 0) is 0 Å². The maximum absolute atomic E-state index is 10.1. The fourth-order valence-electron chi connectivity index (χ4n) is 0.684. The van der Waals surface area contributed by atoms with Crippen molar-refractivity contribution < 1.29 is 45.8 Å². The number of carbonyl (C=O) groups excluding carboxylic acids is 3. The quantitative estimate of drug-likeness (QED) is 0.195. The number of carboxylic acid groups (broad SMARTS) is 3. The van der Waals surface area contributed by atoms with E-state index in [1.807, 2.05) is 0 Å². The van der Waals surface area contributed by atoms with Gasteiger partial charge in [-0.15, -0.1) is 0 Å². The van der Waals surface area contributed by atoms with E-state index in [0.29, 0.717) is 0 Å². The molecule has 6 radical (unpaired) electrons. The molecule has 0 aliphatic rings. The van der Waals surface area contributed by atoms with Crippen LogP contribution in [-0.4, -0.2) is 104 Å². The van der Waals surface area contributed by atoms with Crippen molar-refractivity contribution in [2.24, 2.45) is 0 Å². The van der Waals surface area contributed by atoms with Gasteiger partial charge in [0.25, 0.3) is 0 Å². The van der Waals surface area contributed by atoms with Crippen molar-refractivity contribution in [2.45, 2.75) is 18.4 Å². The summed E-state index contributed by atoms with van der Waals surface area (Å²) in [4.78, 5) is 30.0. The summed E-state index contributed by atoms with van der Waals surface area (Å²) in [7, 11) is 0. The summed E-state index contributed by atoms with van der Waals surface area (Å²) in [5.74, 6) is -5.98. The van der Waals surface area contributed by atoms with Crippen LogP contribution in [0.2, 0.25) is 0 Å². The number of carboxylic acids is 3. The van der Waals surface area contributed by atoms with Crippen LogP contribution in [0.1, 0.15) is 12.8 Å². The third-order valence-corrected chi connectivity index (χ3v) is 1.25. The molecule has 10 N–H and O–H groups in total. The van der Waals surface area contributed by atoms with Crippen molar-refractivity contribution in [3.8, 4) is 0 Å². The van der Waals surface area contributed by atoms with Crippen LogP contribution in [0.4, 0.5) is 0 Å². The SMILES string of the molecule is O=C([O-])CC(O)(CC(=O)[O-])C(=O)[O-].[NH3+][Bi].[NH3+][Bi].[NH3+][Bi]. The zero-order valence-electron chi connectivity index (χ0n) is 9.77. The normalized spacial score (nSPS) is 8.37. The van der Waals surface area contributed by atoms with E-state index in [1.165, 1.54) is 75.0 Å². The molecule has 0 aromatic heterocycles.